The van der Waals surface area contributed by atoms with Crippen molar-refractivity contribution in [1.82, 2.24) is 0 Å². The molecule has 0 aliphatic rings. The first kappa shape index (κ1) is 24.3. The monoisotopic (exact) mass is 484 g/mol. The number of nitrogens with zero attached hydrogens (tertiary/aromatic N) is 1. The van der Waals surface area contributed by atoms with Crippen LogP contribution < -0.4 is 9.62 Å². The number of thioether (sulfide) groups is 1. The molecule has 0 saturated carbocycles. The maximum absolute atomic E-state index is 13.0. The molecule has 0 aliphatic heterocycles. The van der Waals surface area contributed by atoms with Gasteiger partial charge in [0.05, 0.1) is 21.8 Å². The number of hydrogen-bond acceptors (Lipinski definition) is 6. The van der Waals surface area contributed by atoms with Crippen LogP contribution in [-0.2, 0) is 19.6 Å². The summed E-state index contributed by atoms with van der Waals surface area (Å²) in [5.41, 5.74) is 1.34. The van der Waals surface area contributed by atoms with Crippen LogP contribution in [0, 0.1) is 0 Å². The molecule has 0 unspecified atom stereocenters. The molecule has 7 nitrogen and oxygen atoms in total. The van der Waals surface area contributed by atoms with Crippen molar-refractivity contribution >= 4 is 45.0 Å². The van der Waals surface area contributed by atoms with Crippen molar-refractivity contribution < 1.29 is 22.7 Å². The van der Waals surface area contributed by atoms with Crippen LogP contribution in [0.2, 0.25) is 0 Å². The number of hydrogen-bond donors (Lipinski definition) is 1. The van der Waals surface area contributed by atoms with E-state index < -0.39 is 28.5 Å². The van der Waals surface area contributed by atoms with Gasteiger partial charge >= 0.3 is 5.97 Å². The lowest BCUT2D eigenvalue weighted by Gasteiger charge is -2.22. The maximum atomic E-state index is 13.0. The SMILES string of the molecule is CCN(c1ccccc1)S(=O)(=O)c1ccc(C(=O)OCC(=O)Nc2ccccc2SC)cc1. The molecule has 0 spiro atoms. The highest BCUT2D eigenvalue weighted by atomic mass is 32.2. The van der Waals surface area contributed by atoms with E-state index in [1.807, 2.05) is 24.5 Å². The van der Waals surface area contributed by atoms with Crippen LogP contribution in [0.15, 0.2) is 88.7 Å². The van der Waals surface area contributed by atoms with E-state index in [2.05, 4.69) is 5.32 Å². The van der Waals surface area contributed by atoms with Gasteiger partial charge in [-0.2, -0.15) is 0 Å². The predicted octanol–water partition coefficient (Wildman–Crippen LogP) is 4.42. The summed E-state index contributed by atoms with van der Waals surface area (Å²) in [4.78, 5) is 25.4. The number of ether oxygens (including phenoxy) is 1. The normalized spacial score (nSPS) is 11.0. The van der Waals surface area contributed by atoms with Gasteiger partial charge in [-0.1, -0.05) is 30.3 Å². The van der Waals surface area contributed by atoms with Gasteiger partial charge in [-0.25, -0.2) is 13.2 Å². The molecule has 3 aromatic carbocycles. The fraction of sp³-hybridized carbons (Fsp3) is 0.167. The van der Waals surface area contributed by atoms with E-state index in [4.69, 9.17) is 4.74 Å². The topological polar surface area (TPSA) is 92.8 Å². The quantitative estimate of drug-likeness (QED) is 0.357. The summed E-state index contributed by atoms with van der Waals surface area (Å²) in [6.07, 6.45) is 1.90. The van der Waals surface area contributed by atoms with Crippen molar-refractivity contribution in [2.24, 2.45) is 0 Å². The molecular weight excluding hydrogens is 460 g/mol. The first-order valence-corrected chi connectivity index (χ1v) is 12.8. The molecule has 172 valence electrons. The van der Waals surface area contributed by atoms with Gasteiger partial charge < -0.3 is 10.1 Å². The highest BCUT2D eigenvalue weighted by molar-refractivity contribution is 7.98. The van der Waals surface area contributed by atoms with Crippen molar-refractivity contribution in [3.63, 3.8) is 0 Å². The summed E-state index contributed by atoms with van der Waals surface area (Å²) in [5, 5.41) is 2.71. The van der Waals surface area contributed by atoms with E-state index in [9.17, 15) is 18.0 Å². The van der Waals surface area contributed by atoms with Crippen molar-refractivity contribution in [2.45, 2.75) is 16.7 Å². The molecule has 33 heavy (non-hydrogen) atoms. The molecule has 0 atom stereocenters. The lowest BCUT2D eigenvalue weighted by molar-refractivity contribution is -0.119. The first-order valence-electron chi connectivity index (χ1n) is 10.1. The number of carbonyl (C=O) groups is 2. The average Bonchev–Trinajstić information content (AvgIpc) is 2.84. The van der Waals surface area contributed by atoms with Crippen molar-refractivity contribution in [3.8, 4) is 0 Å². The molecule has 0 saturated heterocycles. The Balaban J connectivity index is 1.64. The average molecular weight is 485 g/mol. The molecule has 3 rings (SSSR count). The summed E-state index contributed by atoms with van der Waals surface area (Å²) < 4.78 is 32.5. The number of nitrogens with one attached hydrogen (secondary N) is 1. The van der Waals surface area contributed by atoms with Gasteiger partial charge in [0.25, 0.3) is 15.9 Å². The second kappa shape index (κ2) is 11.0. The molecule has 0 radical (unpaired) electrons. The van der Waals surface area contributed by atoms with Crippen LogP contribution in [-0.4, -0.2) is 39.7 Å². The Bertz CT molecular complexity index is 1210. The van der Waals surface area contributed by atoms with E-state index in [-0.39, 0.29) is 17.0 Å². The minimum absolute atomic E-state index is 0.0520. The van der Waals surface area contributed by atoms with Crippen LogP contribution >= 0.6 is 11.8 Å². The molecule has 0 aliphatic carbocycles. The van der Waals surface area contributed by atoms with E-state index in [1.165, 1.54) is 40.3 Å². The smallest absolute Gasteiger partial charge is 0.338 e. The fourth-order valence-corrected chi connectivity index (χ4v) is 5.15. The van der Waals surface area contributed by atoms with Gasteiger partial charge in [0.15, 0.2) is 6.61 Å². The Morgan fingerprint density at radius 1 is 0.939 bits per heavy atom. The Labute approximate surface area is 197 Å². The first-order chi connectivity index (χ1) is 15.9. The van der Waals surface area contributed by atoms with Gasteiger partial charge in [-0.05, 0) is 61.7 Å². The molecule has 0 bridgehead atoms. The van der Waals surface area contributed by atoms with Gasteiger partial charge in [0.1, 0.15) is 0 Å². The van der Waals surface area contributed by atoms with Gasteiger partial charge in [0, 0.05) is 11.4 Å². The zero-order valence-corrected chi connectivity index (χ0v) is 19.9. The zero-order valence-electron chi connectivity index (χ0n) is 18.2. The van der Waals surface area contributed by atoms with Crippen molar-refractivity contribution in [1.29, 1.82) is 0 Å². The molecule has 0 aromatic heterocycles. The van der Waals surface area contributed by atoms with E-state index >= 15 is 0 Å². The lowest BCUT2D eigenvalue weighted by atomic mass is 10.2. The third kappa shape index (κ3) is 5.94. The second-order valence-corrected chi connectivity index (χ2v) is 9.56. The maximum Gasteiger partial charge on any atom is 0.338 e. The number of anilines is 2. The molecule has 0 fully saturated rings. The summed E-state index contributed by atoms with van der Waals surface area (Å²) in [6, 6.07) is 21.5. The molecule has 1 N–H and O–H groups in total. The van der Waals surface area contributed by atoms with E-state index in [0.717, 1.165) is 4.90 Å². The minimum atomic E-state index is -3.80. The van der Waals surface area contributed by atoms with Crippen molar-refractivity contribution in [2.75, 3.05) is 29.0 Å². The van der Waals surface area contributed by atoms with Crippen LogP contribution in [0.4, 0.5) is 11.4 Å². The molecule has 0 heterocycles. The number of sulfonamides is 1. The van der Waals surface area contributed by atoms with Crippen molar-refractivity contribution in [3.05, 3.63) is 84.4 Å². The lowest BCUT2D eigenvalue weighted by Crippen LogP contribution is -2.30. The van der Waals surface area contributed by atoms with E-state index in [0.29, 0.717) is 11.4 Å². The van der Waals surface area contributed by atoms with Crippen LogP contribution in [0.5, 0.6) is 0 Å². The summed E-state index contributed by atoms with van der Waals surface area (Å²) in [7, 11) is -3.80. The molecule has 3 aromatic rings. The Morgan fingerprint density at radius 3 is 2.21 bits per heavy atom. The Morgan fingerprint density at radius 2 is 1.58 bits per heavy atom. The number of rotatable bonds is 9. The highest BCUT2D eigenvalue weighted by Gasteiger charge is 2.24. The number of para-hydroxylation sites is 2. The zero-order chi connectivity index (χ0) is 23.8. The van der Waals surface area contributed by atoms with Crippen LogP contribution in [0.1, 0.15) is 17.3 Å². The minimum Gasteiger partial charge on any atom is -0.452 e. The largest absolute Gasteiger partial charge is 0.452 e. The fourth-order valence-electron chi connectivity index (χ4n) is 3.12. The summed E-state index contributed by atoms with van der Waals surface area (Å²) in [5.74, 6) is -1.19. The molecule has 9 heteroatoms. The van der Waals surface area contributed by atoms with Gasteiger partial charge in [-0.15, -0.1) is 11.8 Å². The van der Waals surface area contributed by atoms with Crippen LogP contribution in [0.3, 0.4) is 0 Å². The van der Waals surface area contributed by atoms with Crippen LogP contribution in [0.25, 0.3) is 0 Å². The number of amides is 1. The third-order valence-corrected chi connectivity index (χ3v) is 7.44. The van der Waals surface area contributed by atoms with E-state index in [1.54, 1.807) is 43.3 Å². The summed E-state index contributed by atoms with van der Waals surface area (Å²) in [6.45, 7) is 1.54. The number of benzene rings is 3. The summed E-state index contributed by atoms with van der Waals surface area (Å²) >= 11 is 1.49. The third-order valence-electron chi connectivity index (χ3n) is 4.72. The second-order valence-electron chi connectivity index (χ2n) is 6.85. The Hall–Kier alpha value is -3.30. The molecule has 1 amide bonds. The number of esters is 1. The Kier molecular flexibility index (Phi) is 8.13. The standard InChI is InChI=1S/C24H24N2O5S2/c1-3-26(19-9-5-4-6-10-19)33(29,30)20-15-13-18(14-16-20)24(28)31-17-23(27)25-21-11-7-8-12-22(21)32-2/h4-16H,3,17H2,1-2H3,(H,25,27). The van der Waals surface area contributed by atoms with Gasteiger partial charge in [-0.3, -0.25) is 9.10 Å². The molecular formula is C24H24N2O5S2. The highest BCUT2D eigenvalue weighted by Crippen LogP contribution is 2.25. The van der Waals surface area contributed by atoms with Gasteiger partial charge in [0.2, 0.25) is 0 Å². The number of carbonyl (C=O) groups excluding carboxylic acids is 2. The predicted molar refractivity (Wildman–Crippen MR) is 130 cm³/mol.